The van der Waals surface area contributed by atoms with Crippen molar-refractivity contribution in [2.24, 2.45) is 0 Å². The number of nitrogens with one attached hydrogen (secondary N) is 1. The Balaban J connectivity index is 2.01. The maximum atomic E-state index is 11.7. The molecule has 0 unspecified atom stereocenters. The second-order valence-electron chi connectivity index (χ2n) is 4.48. The fourth-order valence-corrected chi connectivity index (χ4v) is 2.01. The van der Waals surface area contributed by atoms with E-state index >= 15 is 0 Å². The van der Waals surface area contributed by atoms with Crippen molar-refractivity contribution in [3.8, 4) is 6.07 Å². The van der Waals surface area contributed by atoms with Crippen molar-refractivity contribution in [1.82, 2.24) is 5.32 Å². The Morgan fingerprint density at radius 3 is 2.89 bits per heavy atom. The van der Waals surface area contributed by atoms with Crippen molar-refractivity contribution in [3.05, 3.63) is 28.8 Å². The molecular weight excluding hydrogens is 250 g/mol. The summed E-state index contributed by atoms with van der Waals surface area (Å²) in [5.41, 5.74) is 1.26. The Kier molecular flexibility index (Phi) is 3.73. The molecule has 0 heterocycles. The molecule has 1 aromatic carbocycles. The maximum Gasteiger partial charge on any atom is 0.239 e. The van der Waals surface area contributed by atoms with Gasteiger partial charge in [-0.3, -0.25) is 4.79 Å². The normalized spacial score (nSPS) is 13.8. The first-order valence-electron chi connectivity index (χ1n) is 5.80. The highest BCUT2D eigenvalue weighted by Gasteiger charge is 2.23. The lowest BCUT2D eigenvalue weighted by molar-refractivity contribution is -0.119. The Bertz CT molecular complexity index is 505. The zero-order valence-corrected chi connectivity index (χ0v) is 10.9. The van der Waals surface area contributed by atoms with Crippen LogP contribution < -0.4 is 10.2 Å². The molecule has 1 saturated carbocycles. The summed E-state index contributed by atoms with van der Waals surface area (Å²) in [6.45, 7) is 0.266. The van der Waals surface area contributed by atoms with Crippen LogP contribution in [0.25, 0.3) is 0 Å². The number of likely N-dealkylation sites (N-methyl/N-ethyl adjacent to an activating group) is 1. The first kappa shape index (κ1) is 12.7. The van der Waals surface area contributed by atoms with E-state index in [0.717, 1.165) is 18.5 Å². The second-order valence-corrected chi connectivity index (χ2v) is 4.88. The third kappa shape index (κ3) is 3.14. The van der Waals surface area contributed by atoms with E-state index in [9.17, 15) is 4.79 Å². The number of halogens is 1. The molecule has 0 aliphatic heterocycles. The molecule has 18 heavy (non-hydrogen) atoms. The van der Waals surface area contributed by atoms with Crippen molar-refractivity contribution in [3.63, 3.8) is 0 Å². The Hall–Kier alpha value is -1.73. The van der Waals surface area contributed by atoms with Gasteiger partial charge in [-0.05, 0) is 31.0 Å². The molecule has 0 spiro atoms. The molecule has 94 valence electrons. The molecule has 1 aliphatic rings. The van der Waals surface area contributed by atoms with Crippen LogP contribution in [0.5, 0.6) is 0 Å². The number of anilines is 1. The van der Waals surface area contributed by atoms with Gasteiger partial charge in [-0.2, -0.15) is 5.26 Å². The number of amides is 1. The lowest BCUT2D eigenvalue weighted by atomic mass is 10.2. The van der Waals surface area contributed by atoms with Gasteiger partial charge in [-0.25, -0.2) is 0 Å². The van der Waals surface area contributed by atoms with Crippen molar-refractivity contribution in [2.45, 2.75) is 18.9 Å². The number of hydrogen-bond donors (Lipinski definition) is 1. The van der Waals surface area contributed by atoms with Gasteiger partial charge in [0.05, 0.1) is 28.9 Å². The first-order chi connectivity index (χ1) is 8.60. The topological polar surface area (TPSA) is 56.1 Å². The van der Waals surface area contributed by atoms with Crippen LogP contribution in [-0.2, 0) is 4.79 Å². The van der Waals surface area contributed by atoms with Crippen molar-refractivity contribution < 1.29 is 4.79 Å². The SMILES string of the molecule is CN(CC(=O)NC1CC1)c1ccc(C#N)cc1Cl. The zero-order valence-electron chi connectivity index (χ0n) is 10.1. The summed E-state index contributed by atoms with van der Waals surface area (Å²) >= 11 is 6.08. The molecule has 0 atom stereocenters. The lowest BCUT2D eigenvalue weighted by Crippen LogP contribution is -2.36. The predicted octanol–water partition coefficient (Wildman–Crippen LogP) is 1.93. The van der Waals surface area contributed by atoms with Gasteiger partial charge in [-0.15, -0.1) is 0 Å². The fourth-order valence-electron chi connectivity index (χ4n) is 1.69. The molecule has 1 fully saturated rings. The highest BCUT2D eigenvalue weighted by atomic mass is 35.5. The van der Waals surface area contributed by atoms with E-state index in [-0.39, 0.29) is 12.5 Å². The number of nitrogens with zero attached hydrogens (tertiary/aromatic N) is 2. The monoisotopic (exact) mass is 263 g/mol. The van der Waals surface area contributed by atoms with Crippen LogP contribution in [0, 0.1) is 11.3 Å². The van der Waals surface area contributed by atoms with Crippen LogP contribution in [0.3, 0.4) is 0 Å². The van der Waals surface area contributed by atoms with E-state index in [1.54, 1.807) is 30.1 Å². The number of carbonyl (C=O) groups excluding carboxylic acids is 1. The van der Waals surface area contributed by atoms with Gasteiger partial charge in [0.15, 0.2) is 0 Å². The van der Waals surface area contributed by atoms with Gasteiger partial charge < -0.3 is 10.2 Å². The largest absolute Gasteiger partial charge is 0.364 e. The number of benzene rings is 1. The molecule has 1 N–H and O–H groups in total. The van der Waals surface area contributed by atoms with E-state index in [2.05, 4.69) is 5.32 Å². The van der Waals surface area contributed by atoms with Crippen LogP contribution in [0.2, 0.25) is 5.02 Å². The molecule has 1 amide bonds. The molecule has 0 saturated heterocycles. The van der Waals surface area contributed by atoms with Gasteiger partial charge in [0.2, 0.25) is 5.91 Å². The summed E-state index contributed by atoms with van der Waals surface area (Å²) in [4.78, 5) is 13.4. The average Bonchev–Trinajstić information content (AvgIpc) is 3.12. The van der Waals surface area contributed by atoms with Gasteiger partial charge >= 0.3 is 0 Å². The van der Waals surface area contributed by atoms with Gasteiger partial charge in [-0.1, -0.05) is 11.6 Å². The van der Waals surface area contributed by atoms with E-state index in [4.69, 9.17) is 16.9 Å². The van der Waals surface area contributed by atoms with Crippen LogP contribution >= 0.6 is 11.6 Å². The fraction of sp³-hybridized carbons (Fsp3) is 0.385. The van der Waals surface area contributed by atoms with Gasteiger partial charge in [0.1, 0.15) is 0 Å². The quantitative estimate of drug-likeness (QED) is 0.903. The van der Waals surface area contributed by atoms with Gasteiger partial charge in [0, 0.05) is 13.1 Å². The molecule has 4 nitrogen and oxygen atoms in total. The molecule has 1 aliphatic carbocycles. The molecule has 1 aromatic rings. The number of hydrogen-bond acceptors (Lipinski definition) is 3. The highest BCUT2D eigenvalue weighted by Crippen LogP contribution is 2.26. The van der Waals surface area contributed by atoms with Crippen LogP contribution in [-0.4, -0.2) is 25.5 Å². The summed E-state index contributed by atoms with van der Waals surface area (Å²) in [6.07, 6.45) is 2.15. The van der Waals surface area contributed by atoms with E-state index in [1.807, 2.05) is 6.07 Å². The van der Waals surface area contributed by atoms with Crippen molar-refractivity contribution in [2.75, 3.05) is 18.5 Å². The number of nitriles is 1. The first-order valence-corrected chi connectivity index (χ1v) is 6.18. The smallest absolute Gasteiger partial charge is 0.239 e. The standard InChI is InChI=1S/C13H14ClN3O/c1-17(8-13(18)16-10-3-4-10)12-5-2-9(7-15)6-11(12)14/h2,5-6,10H,3-4,8H2,1H3,(H,16,18). The minimum atomic E-state index is 0.000395. The molecule has 5 heteroatoms. The van der Waals surface area contributed by atoms with E-state index in [1.165, 1.54) is 0 Å². The Labute approximate surface area is 111 Å². The molecule has 0 aromatic heterocycles. The van der Waals surface area contributed by atoms with Crippen LogP contribution in [0.15, 0.2) is 18.2 Å². The number of carbonyl (C=O) groups is 1. The Morgan fingerprint density at radius 2 is 2.33 bits per heavy atom. The lowest BCUT2D eigenvalue weighted by Gasteiger charge is -2.20. The molecule has 2 rings (SSSR count). The second kappa shape index (κ2) is 5.28. The summed E-state index contributed by atoms with van der Waals surface area (Å²) in [5.74, 6) is 0.000395. The van der Waals surface area contributed by atoms with Crippen LogP contribution in [0.4, 0.5) is 5.69 Å². The molecule has 0 bridgehead atoms. The predicted molar refractivity (Wildman–Crippen MR) is 70.6 cm³/mol. The summed E-state index contributed by atoms with van der Waals surface area (Å²) < 4.78 is 0. The highest BCUT2D eigenvalue weighted by molar-refractivity contribution is 6.33. The minimum Gasteiger partial charge on any atom is -0.364 e. The van der Waals surface area contributed by atoms with Gasteiger partial charge in [0.25, 0.3) is 0 Å². The summed E-state index contributed by atoms with van der Waals surface area (Å²) in [5, 5.41) is 12.2. The van der Waals surface area contributed by atoms with E-state index < -0.39 is 0 Å². The van der Waals surface area contributed by atoms with Crippen LogP contribution in [0.1, 0.15) is 18.4 Å². The Morgan fingerprint density at radius 1 is 1.61 bits per heavy atom. The van der Waals surface area contributed by atoms with E-state index in [0.29, 0.717) is 16.6 Å². The third-order valence-electron chi connectivity index (χ3n) is 2.81. The molecule has 0 radical (unpaired) electrons. The van der Waals surface area contributed by atoms with Crippen molar-refractivity contribution in [1.29, 1.82) is 5.26 Å². The number of rotatable bonds is 4. The average molecular weight is 264 g/mol. The minimum absolute atomic E-state index is 0.000395. The summed E-state index contributed by atoms with van der Waals surface area (Å²) in [7, 11) is 1.81. The maximum absolute atomic E-state index is 11.7. The van der Waals surface area contributed by atoms with Crippen molar-refractivity contribution >= 4 is 23.2 Å². The third-order valence-corrected chi connectivity index (χ3v) is 3.11. The molecular formula is C13H14ClN3O. The zero-order chi connectivity index (χ0) is 13.1. The summed E-state index contributed by atoms with van der Waals surface area (Å²) in [6, 6.07) is 7.44.